The maximum Gasteiger partial charge on any atom is 0.272 e. The molecule has 1 aromatic carbocycles. The molecule has 0 unspecified atom stereocenters. The third-order valence-electron chi connectivity index (χ3n) is 5.94. The van der Waals surface area contributed by atoms with Gasteiger partial charge < -0.3 is 19.2 Å². The molecule has 3 heterocycles. The first kappa shape index (κ1) is 23.1. The maximum atomic E-state index is 13.1. The highest BCUT2D eigenvalue weighted by molar-refractivity contribution is 7.88. The molecule has 0 radical (unpaired) electrons. The van der Waals surface area contributed by atoms with Gasteiger partial charge in [0.1, 0.15) is 17.3 Å². The molecule has 4 rings (SSSR count). The lowest BCUT2D eigenvalue weighted by Crippen LogP contribution is -2.38. The number of fused-ring (bicyclic) bond motifs is 1. The number of piperidine rings is 1. The smallest absolute Gasteiger partial charge is 0.272 e. The molecule has 0 spiro atoms. The summed E-state index contributed by atoms with van der Waals surface area (Å²) < 4.78 is 38.2. The van der Waals surface area contributed by atoms with Crippen molar-refractivity contribution in [1.29, 1.82) is 0 Å². The van der Waals surface area contributed by atoms with Crippen LogP contribution in [-0.2, 0) is 16.6 Å². The minimum Gasteiger partial charge on any atom is -0.497 e. The molecule has 2 aromatic heterocycles. The number of nitrogens with one attached hydrogen (secondary N) is 1. The van der Waals surface area contributed by atoms with Crippen molar-refractivity contribution in [1.82, 2.24) is 19.0 Å². The SMILES string of the molecule is COc1ccc(OC)c(CNC(=O)c2nc([C@@H]3CCCN(S(C)(=O)=O)C3)n3ccccc23)c1. The van der Waals surface area contributed by atoms with E-state index in [9.17, 15) is 13.2 Å². The van der Waals surface area contributed by atoms with Crippen LogP contribution >= 0.6 is 0 Å². The summed E-state index contributed by atoms with van der Waals surface area (Å²) in [5.74, 6) is 1.61. The van der Waals surface area contributed by atoms with Crippen molar-refractivity contribution in [2.24, 2.45) is 0 Å². The van der Waals surface area contributed by atoms with Crippen molar-refractivity contribution in [3.05, 3.63) is 59.7 Å². The average molecular weight is 473 g/mol. The number of rotatable bonds is 7. The number of imidazole rings is 1. The van der Waals surface area contributed by atoms with Gasteiger partial charge in [-0.2, -0.15) is 0 Å². The van der Waals surface area contributed by atoms with Gasteiger partial charge in [-0.05, 0) is 43.2 Å². The van der Waals surface area contributed by atoms with Crippen molar-refractivity contribution in [2.45, 2.75) is 25.3 Å². The normalized spacial score (nSPS) is 17.1. The molecule has 10 heteroatoms. The number of carbonyl (C=O) groups excluding carboxylic acids is 1. The first-order chi connectivity index (χ1) is 15.8. The summed E-state index contributed by atoms with van der Waals surface area (Å²) in [5.41, 5.74) is 1.77. The summed E-state index contributed by atoms with van der Waals surface area (Å²) >= 11 is 0. The molecule has 0 saturated carbocycles. The number of nitrogens with zero attached hydrogens (tertiary/aromatic N) is 3. The molecule has 1 atom stereocenters. The van der Waals surface area contributed by atoms with E-state index in [0.29, 0.717) is 41.6 Å². The second-order valence-corrected chi connectivity index (χ2v) is 10.1. The fraction of sp³-hybridized carbons (Fsp3) is 0.391. The van der Waals surface area contributed by atoms with Crippen molar-refractivity contribution in [2.75, 3.05) is 33.6 Å². The number of methoxy groups -OCH3 is 2. The van der Waals surface area contributed by atoms with Crippen molar-refractivity contribution in [3.8, 4) is 11.5 Å². The minimum atomic E-state index is -3.29. The number of aromatic nitrogens is 2. The summed E-state index contributed by atoms with van der Waals surface area (Å²) in [4.78, 5) is 17.8. The first-order valence-electron chi connectivity index (χ1n) is 10.7. The number of hydrogen-bond acceptors (Lipinski definition) is 6. The Morgan fingerprint density at radius 3 is 2.76 bits per heavy atom. The first-order valence-corrected chi connectivity index (χ1v) is 12.6. The summed E-state index contributed by atoms with van der Waals surface area (Å²) in [7, 11) is -0.128. The molecular weight excluding hydrogens is 444 g/mol. The van der Waals surface area contributed by atoms with Gasteiger partial charge in [-0.3, -0.25) is 4.79 Å². The van der Waals surface area contributed by atoms with E-state index in [4.69, 9.17) is 14.5 Å². The van der Waals surface area contributed by atoms with E-state index in [-0.39, 0.29) is 18.4 Å². The van der Waals surface area contributed by atoms with Crippen molar-refractivity contribution < 1.29 is 22.7 Å². The zero-order valence-electron chi connectivity index (χ0n) is 18.9. The lowest BCUT2D eigenvalue weighted by Gasteiger charge is -2.30. The fourth-order valence-corrected chi connectivity index (χ4v) is 5.16. The van der Waals surface area contributed by atoms with E-state index in [1.54, 1.807) is 26.4 Å². The number of hydrogen-bond donors (Lipinski definition) is 1. The quantitative estimate of drug-likeness (QED) is 0.567. The van der Waals surface area contributed by atoms with Gasteiger partial charge in [0.05, 0.1) is 26.0 Å². The maximum absolute atomic E-state index is 13.1. The van der Waals surface area contributed by atoms with Crippen LogP contribution in [0, 0.1) is 0 Å². The highest BCUT2D eigenvalue weighted by Gasteiger charge is 2.30. The van der Waals surface area contributed by atoms with Crippen LogP contribution in [0.2, 0.25) is 0 Å². The van der Waals surface area contributed by atoms with Crippen LogP contribution in [0.1, 0.15) is 40.6 Å². The Kier molecular flexibility index (Phi) is 6.57. The van der Waals surface area contributed by atoms with Crippen LogP contribution in [0.3, 0.4) is 0 Å². The van der Waals surface area contributed by atoms with Crippen LogP contribution in [-0.4, -0.2) is 61.6 Å². The van der Waals surface area contributed by atoms with E-state index < -0.39 is 10.0 Å². The molecule has 1 amide bonds. The molecular formula is C23H28N4O5S. The minimum absolute atomic E-state index is 0.0941. The molecule has 1 fully saturated rings. The Labute approximate surface area is 193 Å². The van der Waals surface area contributed by atoms with E-state index in [1.807, 2.05) is 34.9 Å². The van der Waals surface area contributed by atoms with Gasteiger partial charge in [0, 0.05) is 37.3 Å². The number of carbonyl (C=O) groups is 1. The standard InChI is InChI=1S/C23H28N4O5S/c1-31-18-9-10-20(32-2)17(13-18)14-24-23(28)21-19-8-4-5-12-27(19)22(25-21)16-7-6-11-26(15-16)33(3,29)30/h4-5,8-10,12-13,16H,6-7,11,14-15H2,1-3H3,(H,24,28)/t16-/m1/s1. The molecule has 176 valence electrons. The lowest BCUT2D eigenvalue weighted by atomic mass is 9.99. The Balaban J connectivity index is 1.61. The lowest BCUT2D eigenvalue weighted by molar-refractivity contribution is 0.0947. The van der Waals surface area contributed by atoms with Crippen molar-refractivity contribution >= 4 is 21.4 Å². The average Bonchev–Trinajstić information content (AvgIpc) is 3.22. The van der Waals surface area contributed by atoms with Crippen LogP contribution in [0.4, 0.5) is 0 Å². The summed E-state index contributed by atoms with van der Waals surface area (Å²) in [6.07, 6.45) is 4.64. The molecule has 9 nitrogen and oxygen atoms in total. The molecule has 1 aliphatic heterocycles. The number of amides is 1. The molecule has 1 saturated heterocycles. The van der Waals surface area contributed by atoms with Gasteiger partial charge in [-0.25, -0.2) is 17.7 Å². The van der Waals surface area contributed by atoms with Crippen LogP contribution < -0.4 is 14.8 Å². The summed E-state index contributed by atoms with van der Waals surface area (Å²) in [6, 6.07) is 11.0. The largest absolute Gasteiger partial charge is 0.497 e. The zero-order chi connectivity index (χ0) is 23.6. The molecule has 0 aliphatic carbocycles. The molecule has 1 N–H and O–H groups in total. The topological polar surface area (TPSA) is 102 Å². The highest BCUT2D eigenvalue weighted by Crippen LogP contribution is 2.29. The van der Waals surface area contributed by atoms with Crippen LogP contribution in [0.15, 0.2) is 42.6 Å². The van der Waals surface area contributed by atoms with Gasteiger partial charge in [0.15, 0.2) is 5.69 Å². The van der Waals surface area contributed by atoms with Crippen LogP contribution in [0.25, 0.3) is 5.52 Å². The predicted octanol–water partition coefficient (Wildman–Crippen LogP) is 2.42. The van der Waals surface area contributed by atoms with E-state index in [0.717, 1.165) is 18.4 Å². The van der Waals surface area contributed by atoms with E-state index in [1.165, 1.54) is 10.6 Å². The van der Waals surface area contributed by atoms with Gasteiger partial charge in [0.25, 0.3) is 5.91 Å². The van der Waals surface area contributed by atoms with Gasteiger partial charge in [-0.1, -0.05) is 6.07 Å². The third-order valence-corrected chi connectivity index (χ3v) is 7.21. The van der Waals surface area contributed by atoms with Crippen LogP contribution in [0.5, 0.6) is 11.5 Å². The second kappa shape index (κ2) is 9.40. The second-order valence-electron chi connectivity index (χ2n) is 8.10. The monoisotopic (exact) mass is 472 g/mol. The van der Waals surface area contributed by atoms with Gasteiger partial charge >= 0.3 is 0 Å². The molecule has 0 bridgehead atoms. The number of sulfonamides is 1. The van der Waals surface area contributed by atoms with E-state index >= 15 is 0 Å². The summed E-state index contributed by atoms with van der Waals surface area (Å²) in [6.45, 7) is 1.11. The Morgan fingerprint density at radius 2 is 2.03 bits per heavy atom. The Hall–Kier alpha value is -3.11. The van der Waals surface area contributed by atoms with Crippen molar-refractivity contribution in [3.63, 3.8) is 0 Å². The highest BCUT2D eigenvalue weighted by atomic mass is 32.2. The predicted molar refractivity (Wildman–Crippen MR) is 124 cm³/mol. The number of pyridine rings is 1. The van der Waals surface area contributed by atoms with E-state index in [2.05, 4.69) is 5.32 Å². The molecule has 33 heavy (non-hydrogen) atoms. The number of ether oxygens (including phenoxy) is 2. The van der Waals surface area contributed by atoms with Gasteiger partial charge in [-0.15, -0.1) is 0 Å². The summed E-state index contributed by atoms with van der Waals surface area (Å²) in [5, 5.41) is 2.93. The van der Waals surface area contributed by atoms with Gasteiger partial charge in [0.2, 0.25) is 10.0 Å². The third kappa shape index (κ3) is 4.81. The fourth-order valence-electron chi connectivity index (χ4n) is 4.25. The Bertz CT molecular complexity index is 1270. The molecule has 1 aliphatic rings. The Morgan fingerprint density at radius 1 is 1.21 bits per heavy atom. The zero-order valence-corrected chi connectivity index (χ0v) is 19.8. The number of benzene rings is 1. The molecule has 3 aromatic rings.